The first-order valence-corrected chi connectivity index (χ1v) is 10.1. The summed E-state index contributed by atoms with van der Waals surface area (Å²) >= 11 is 0. The molecule has 0 aromatic heterocycles. The highest BCUT2D eigenvalue weighted by Gasteiger charge is 2.21. The van der Waals surface area contributed by atoms with Gasteiger partial charge in [0.25, 0.3) is 0 Å². The maximum absolute atomic E-state index is 11.9. The van der Waals surface area contributed by atoms with Crippen LogP contribution >= 0.6 is 0 Å². The number of rotatable bonds is 7. The van der Waals surface area contributed by atoms with E-state index in [0.717, 1.165) is 25.3 Å². The molecule has 5 nitrogen and oxygen atoms in total. The van der Waals surface area contributed by atoms with Crippen molar-refractivity contribution in [2.45, 2.75) is 72.5 Å². The molecule has 1 fully saturated rings. The van der Waals surface area contributed by atoms with Crippen molar-refractivity contribution in [1.82, 2.24) is 15.5 Å². The lowest BCUT2D eigenvalue weighted by atomic mass is 9.89. The fourth-order valence-electron chi connectivity index (χ4n) is 3.29. The fraction of sp³-hybridized carbons (Fsp3) is 0.636. The molecule has 2 N–H and O–H groups in total. The summed E-state index contributed by atoms with van der Waals surface area (Å²) in [4.78, 5) is 18.3. The monoisotopic (exact) mass is 372 g/mol. The molecule has 0 bridgehead atoms. The van der Waals surface area contributed by atoms with Gasteiger partial charge in [-0.15, -0.1) is 0 Å². The number of amides is 1. The second-order valence-corrected chi connectivity index (χ2v) is 8.76. The molecule has 1 saturated heterocycles. The first-order valence-electron chi connectivity index (χ1n) is 10.1. The van der Waals surface area contributed by atoms with Crippen LogP contribution in [0, 0.1) is 5.41 Å². The lowest BCUT2D eigenvalue weighted by molar-refractivity contribution is -0.128. The van der Waals surface area contributed by atoms with Gasteiger partial charge < -0.3 is 15.5 Å². The van der Waals surface area contributed by atoms with Crippen molar-refractivity contribution >= 4 is 11.9 Å². The van der Waals surface area contributed by atoms with Crippen LogP contribution in [0.3, 0.4) is 0 Å². The van der Waals surface area contributed by atoms with E-state index in [0.29, 0.717) is 31.0 Å². The maximum Gasteiger partial charge on any atom is 0.222 e. The molecule has 1 unspecified atom stereocenters. The van der Waals surface area contributed by atoms with Gasteiger partial charge in [-0.3, -0.25) is 9.79 Å². The Labute approximate surface area is 164 Å². The highest BCUT2D eigenvalue weighted by molar-refractivity contribution is 5.80. The van der Waals surface area contributed by atoms with Crippen LogP contribution in [0.2, 0.25) is 0 Å². The second-order valence-electron chi connectivity index (χ2n) is 8.76. The molecule has 5 heteroatoms. The Hall–Kier alpha value is -2.04. The van der Waals surface area contributed by atoms with Crippen molar-refractivity contribution in [2.24, 2.45) is 10.4 Å². The minimum Gasteiger partial charge on any atom is -0.354 e. The van der Waals surface area contributed by atoms with E-state index in [4.69, 9.17) is 0 Å². The third-order valence-corrected chi connectivity index (χ3v) is 5.03. The van der Waals surface area contributed by atoms with Crippen LogP contribution in [0.5, 0.6) is 0 Å². The first-order chi connectivity index (χ1) is 12.8. The fourth-order valence-corrected chi connectivity index (χ4v) is 3.29. The smallest absolute Gasteiger partial charge is 0.222 e. The summed E-state index contributed by atoms with van der Waals surface area (Å²) in [7, 11) is 1.81. The van der Waals surface area contributed by atoms with Crippen LogP contribution in [0.25, 0.3) is 0 Å². The number of benzene rings is 1. The van der Waals surface area contributed by atoms with Gasteiger partial charge in [0.05, 0.1) is 0 Å². The quantitative estimate of drug-likeness (QED) is 0.567. The van der Waals surface area contributed by atoms with Gasteiger partial charge >= 0.3 is 0 Å². The summed E-state index contributed by atoms with van der Waals surface area (Å²) in [6.45, 7) is 11.3. The zero-order valence-electron chi connectivity index (χ0n) is 17.6. The van der Waals surface area contributed by atoms with Crippen molar-refractivity contribution in [2.75, 3.05) is 13.6 Å². The predicted molar refractivity (Wildman–Crippen MR) is 113 cm³/mol. The number of carbonyl (C=O) groups excluding carboxylic acids is 1. The summed E-state index contributed by atoms with van der Waals surface area (Å²) in [6.07, 6.45) is 3.94. The largest absolute Gasteiger partial charge is 0.354 e. The van der Waals surface area contributed by atoms with E-state index in [2.05, 4.69) is 61.5 Å². The van der Waals surface area contributed by atoms with Gasteiger partial charge in [0.15, 0.2) is 5.96 Å². The van der Waals surface area contributed by atoms with E-state index >= 15 is 0 Å². The molecule has 27 heavy (non-hydrogen) atoms. The molecule has 0 saturated carbocycles. The Morgan fingerprint density at radius 2 is 1.96 bits per heavy atom. The van der Waals surface area contributed by atoms with Gasteiger partial charge in [0, 0.05) is 39.1 Å². The van der Waals surface area contributed by atoms with Gasteiger partial charge in [-0.2, -0.15) is 0 Å². The Morgan fingerprint density at radius 1 is 1.26 bits per heavy atom. The molecule has 1 aliphatic rings. The Balaban J connectivity index is 1.89. The van der Waals surface area contributed by atoms with Crippen molar-refractivity contribution in [3.05, 3.63) is 35.4 Å². The SMILES string of the molecule is CN=C(NCc1ccccc1CN1CCCC1=O)NC(C)CCC(C)(C)C. The summed E-state index contributed by atoms with van der Waals surface area (Å²) < 4.78 is 0. The van der Waals surface area contributed by atoms with Crippen LogP contribution in [0.4, 0.5) is 0 Å². The van der Waals surface area contributed by atoms with E-state index in [1.807, 2.05) is 11.0 Å². The van der Waals surface area contributed by atoms with E-state index in [9.17, 15) is 4.79 Å². The summed E-state index contributed by atoms with van der Waals surface area (Å²) in [5, 5.41) is 6.91. The lowest BCUT2D eigenvalue weighted by Gasteiger charge is -2.23. The molecular weight excluding hydrogens is 336 g/mol. The highest BCUT2D eigenvalue weighted by Crippen LogP contribution is 2.21. The molecular formula is C22H36N4O. The number of aliphatic imine (C=N–C) groups is 1. The van der Waals surface area contributed by atoms with E-state index in [-0.39, 0.29) is 5.91 Å². The van der Waals surface area contributed by atoms with Gasteiger partial charge in [0.1, 0.15) is 0 Å². The second kappa shape index (κ2) is 9.77. The molecule has 150 valence electrons. The zero-order valence-corrected chi connectivity index (χ0v) is 17.6. The topological polar surface area (TPSA) is 56.7 Å². The van der Waals surface area contributed by atoms with Crippen molar-refractivity contribution in [3.8, 4) is 0 Å². The number of carbonyl (C=O) groups is 1. The summed E-state index contributed by atoms with van der Waals surface area (Å²) in [5.74, 6) is 1.09. The Bertz CT molecular complexity index is 648. The number of hydrogen-bond acceptors (Lipinski definition) is 2. The summed E-state index contributed by atoms with van der Waals surface area (Å²) in [6, 6.07) is 8.70. The average molecular weight is 373 g/mol. The van der Waals surface area contributed by atoms with Crippen LogP contribution in [-0.4, -0.2) is 36.4 Å². The third-order valence-electron chi connectivity index (χ3n) is 5.03. The zero-order chi connectivity index (χ0) is 19.9. The van der Waals surface area contributed by atoms with E-state index in [1.54, 1.807) is 7.05 Å². The molecule has 2 rings (SSSR count). The van der Waals surface area contributed by atoms with Crippen molar-refractivity contribution in [1.29, 1.82) is 0 Å². The molecule has 0 radical (unpaired) electrons. The molecule has 1 aromatic carbocycles. The lowest BCUT2D eigenvalue weighted by Crippen LogP contribution is -2.42. The van der Waals surface area contributed by atoms with Crippen LogP contribution in [0.1, 0.15) is 64.5 Å². The first kappa shape index (κ1) is 21.3. The minimum absolute atomic E-state index is 0.267. The van der Waals surface area contributed by atoms with Gasteiger partial charge in [0.2, 0.25) is 5.91 Å². The molecule has 1 aromatic rings. The highest BCUT2D eigenvalue weighted by atomic mass is 16.2. The maximum atomic E-state index is 11.9. The van der Waals surface area contributed by atoms with Crippen LogP contribution in [-0.2, 0) is 17.9 Å². The van der Waals surface area contributed by atoms with E-state index < -0.39 is 0 Å². The number of guanidine groups is 1. The number of nitrogens with zero attached hydrogens (tertiary/aromatic N) is 2. The van der Waals surface area contributed by atoms with Crippen molar-refractivity contribution < 1.29 is 4.79 Å². The number of likely N-dealkylation sites (tertiary alicyclic amines) is 1. The Kier molecular flexibility index (Phi) is 7.69. The molecule has 1 amide bonds. The Morgan fingerprint density at radius 3 is 2.56 bits per heavy atom. The van der Waals surface area contributed by atoms with Crippen LogP contribution in [0.15, 0.2) is 29.3 Å². The minimum atomic E-state index is 0.267. The number of nitrogens with one attached hydrogen (secondary N) is 2. The van der Waals surface area contributed by atoms with Gasteiger partial charge in [-0.25, -0.2) is 0 Å². The summed E-state index contributed by atoms with van der Waals surface area (Å²) in [5.41, 5.74) is 2.76. The normalized spacial score (nSPS) is 16.6. The standard InChI is InChI=1S/C22H36N4O/c1-17(12-13-22(2,3)4)25-21(23-5)24-15-18-9-6-7-10-19(18)16-26-14-8-11-20(26)27/h6-7,9-10,17H,8,11-16H2,1-5H3,(H2,23,24,25). The van der Waals surface area contributed by atoms with Gasteiger partial charge in [-0.1, -0.05) is 45.0 Å². The molecule has 1 atom stereocenters. The third kappa shape index (κ3) is 7.24. The van der Waals surface area contributed by atoms with Crippen molar-refractivity contribution in [3.63, 3.8) is 0 Å². The van der Waals surface area contributed by atoms with Crippen LogP contribution < -0.4 is 10.6 Å². The number of hydrogen-bond donors (Lipinski definition) is 2. The molecule has 0 aliphatic carbocycles. The average Bonchev–Trinajstić information content (AvgIpc) is 3.02. The molecule has 1 aliphatic heterocycles. The van der Waals surface area contributed by atoms with E-state index in [1.165, 1.54) is 17.5 Å². The molecule has 0 spiro atoms. The van der Waals surface area contributed by atoms with Gasteiger partial charge in [-0.05, 0) is 42.7 Å². The molecule has 1 heterocycles. The predicted octanol–water partition coefficient (Wildman–Crippen LogP) is 3.69.